The van der Waals surface area contributed by atoms with Crippen LogP contribution in [0.3, 0.4) is 0 Å². The number of rotatable bonds is 6. The Hall–Kier alpha value is -2.43. The van der Waals surface area contributed by atoms with Crippen LogP contribution in [0.4, 0.5) is 5.82 Å². The van der Waals surface area contributed by atoms with Gasteiger partial charge in [-0.1, -0.05) is 57.5 Å². The molecule has 0 atom stereocenters. The Kier molecular flexibility index (Phi) is 7.11. The van der Waals surface area contributed by atoms with Gasteiger partial charge in [0, 0.05) is 56.2 Å². The Labute approximate surface area is 181 Å². The summed E-state index contributed by atoms with van der Waals surface area (Å²) in [4.78, 5) is 26.7. The lowest BCUT2D eigenvalue weighted by atomic mass is 10.0. The number of anilines is 1. The predicted octanol–water partition coefficient (Wildman–Crippen LogP) is 4.50. The van der Waals surface area contributed by atoms with E-state index in [1.165, 1.54) is 16.7 Å². The van der Waals surface area contributed by atoms with Gasteiger partial charge in [-0.25, -0.2) is 9.97 Å². The summed E-state index contributed by atoms with van der Waals surface area (Å²) in [6, 6.07) is 8.66. The van der Waals surface area contributed by atoms with Gasteiger partial charge >= 0.3 is 0 Å². The fraction of sp³-hybridized carbons (Fsp3) is 0.560. The molecule has 1 aromatic heterocycles. The molecule has 0 N–H and O–H groups in total. The van der Waals surface area contributed by atoms with Crippen molar-refractivity contribution < 1.29 is 4.79 Å². The normalized spacial score (nSPS) is 14.7. The highest BCUT2D eigenvalue weighted by molar-refractivity contribution is 5.76. The van der Waals surface area contributed by atoms with Crippen LogP contribution in [0.2, 0.25) is 0 Å². The lowest BCUT2D eigenvalue weighted by Crippen LogP contribution is -2.49. The summed E-state index contributed by atoms with van der Waals surface area (Å²) in [5.41, 5.74) is 4.81. The molecule has 0 saturated carbocycles. The minimum atomic E-state index is 0.270. The first kappa shape index (κ1) is 22.3. The molecule has 1 amide bonds. The third-order valence-electron chi connectivity index (χ3n) is 5.70. The van der Waals surface area contributed by atoms with Gasteiger partial charge in [0.15, 0.2) is 0 Å². The van der Waals surface area contributed by atoms with Gasteiger partial charge in [-0.2, -0.15) is 0 Å². The van der Waals surface area contributed by atoms with Gasteiger partial charge in [0.2, 0.25) is 5.91 Å². The molecule has 0 aliphatic carbocycles. The maximum absolute atomic E-state index is 12.5. The zero-order valence-electron chi connectivity index (χ0n) is 19.4. The van der Waals surface area contributed by atoms with Crippen molar-refractivity contribution in [3.05, 3.63) is 52.5 Å². The molecular formula is C25H36N4O. The van der Waals surface area contributed by atoms with E-state index < -0.39 is 0 Å². The maximum atomic E-state index is 12.5. The number of piperazine rings is 1. The second kappa shape index (κ2) is 9.59. The van der Waals surface area contributed by atoms with Crippen molar-refractivity contribution in [3.63, 3.8) is 0 Å². The summed E-state index contributed by atoms with van der Waals surface area (Å²) < 4.78 is 0. The first-order valence-corrected chi connectivity index (χ1v) is 11.2. The van der Waals surface area contributed by atoms with Crippen molar-refractivity contribution in [1.29, 1.82) is 0 Å². The molecule has 3 rings (SSSR count). The molecule has 1 aliphatic rings. The van der Waals surface area contributed by atoms with Gasteiger partial charge in [0.1, 0.15) is 11.6 Å². The molecule has 1 aromatic carbocycles. The van der Waals surface area contributed by atoms with Crippen LogP contribution in [-0.2, 0) is 11.2 Å². The number of aryl methyl sites for hydroxylation is 2. The first-order chi connectivity index (χ1) is 14.2. The molecule has 2 aromatic rings. The maximum Gasteiger partial charge on any atom is 0.222 e. The number of hydrogen-bond donors (Lipinski definition) is 0. The molecular weight excluding hydrogens is 372 g/mol. The van der Waals surface area contributed by atoms with E-state index in [4.69, 9.17) is 9.97 Å². The fourth-order valence-electron chi connectivity index (χ4n) is 4.00. The van der Waals surface area contributed by atoms with E-state index in [1.807, 2.05) is 4.90 Å². The van der Waals surface area contributed by atoms with Crippen molar-refractivity contribution in [2.75, 3.05) is 31.1 Å². The van der Waals surface area contributed by atoms with Gasteiger partial charge in [-0.15, -0.1) is 0 Å². The average Bonchev–Trinajstić information content (AvgIpc) is 2.69. The van der Waals surface area contributed by atoms with Crippen LogP contribution in [0.5, 0.6) is 0 Å². The molecule has 2 heterocycles. The summed E-state index contributed by atoms with van der Waals surface area (Å²) in [7, 11) is 0. The number of benzene rings is 1. The predicted molar refractivity (Wildman–Crippen MR) is 123 cm³/mol. The average molecular weight is 409 g/mol. The molecule has 0 unspecified atom stereocenters. The van der Waals surface area contributed by atoms with Crippen LogP contribution in [0.15, 0.2) is 24.3 Å². The summed E-state index contributed by atoms with van der Waals surface area (Å²) in [6.07, 6.45) is 1.45. The molecule has 0 spiro atoms. The van der Waals surface area contributed by atoms with Crippen molar-refractivity contribution in [3.8, 4) is 0 Å². The SMILES string of the molecule is Cc1cccc(Cc2c(C)nc(C(C)C)nc2N2CCN(C(=O)CC(C)C)CC2)c1. The monoisotopic (exact) mass is 408 g/mol. The van der Waals surface area contributed by atoms with Crippen LogP contribution in [0.25, 0.3) is 0 Å². The molecule has 5 nitrogen and oxygen atoms in total. The highest BCUT2D eigenvalue weighted by atomic mass is 16.2. The number of aromatic nitrogens is 2. The van der Waals surface area contributed by atoms with Gasteiger partial charge in [-0.05, 0) is 25.3 Å². The smallest absolute Gasteiger partial charge is 0.222 e. The quantitative estimate of drug-likeness (QED) is 0.706. The second-order valence-electron chi connectivity index (χ2n) is 9.26. The Morgan fingerprint density at radius 3 is 2.33 bits per heavy atom. The largest absolute Gasteiger partial charge is 0.353 e. The van der Waals surface area contributed by atoms with E-state index in [1.54, 1.807) is 0 Å². The Morgan fingerprint density at radius 1 is 1.03 bits per heavy atom. The summed E-state index contributed by atoms with van der Waals surface area (Å²) >= 11 is 0. The molecule has 30 heavy (non-hydrogen) atoms. The van der Waals surface area contributed by atoms with Crippen molar-refractivity contribution in [2.24, 2.45) is 5.92 Å². The van der Waals surface area contributed by atoms with E-state index in [0.29, 0.717) is 12.3 Å². The van der Waals surface area contributed by atoms with Gasteiger partial charge in [-0.3, -0.25) is 4.79 Å². The zero-order chi connectivity index (χ0) is 21.8. The molecule has 1 aliphatic heterocycles. The molecule has 0 bridgehead atoms. The molecule has 5 heteroatoms. The number of carbonyl (C=O) groups excluding carboxylic acids is 1. The number of amides is 1. The summed E-state index contributed by atoms with van der Waals surface area (Å²) in [6.45, 7) is 15.9. The van der Waals surface area contributed by atoms with Gasteiger partial charge in [0.25, 0.3) is 0 Å². The minimum absolute atomic E-state index is 0.270. The molecule has 1 saturated heterocycles. The van der Waals surface area contributed by atoms with Crippen molar-refractivity contribution >= 4 is 11.7 Å². The van der Waals surface area contributed by atoms with E-state index in [9.17, 15) is 4.79 Å². The molecule has 0 radical (unpaired) electrons. The van der Waals surface area contributed by atoms with Gasteiger partial charge < -0.3 is 9.80 Å². The Bertz CT molecular complexity index is 883. The van der Waals surface area contributed by atoms with Crippen LogP contribution in [-0.4, -0.2) is 47.0 Å². The summed E-state index contributed by atoms with van der Waals surface area (Å²) in [5, 5.41) is 0. The highest BCUT2D eigenvalue weighted by Crippen LogP contribution is 2.27. The van der Waals surface area contributed by atoms with E-state index in [-0.39, 0.29) is 11.8 Å². The third-order valence-corrected chi connectivity index (χ3v) is 5.70. The third kappa shape index (κ3) is 5.38. The fourth-order valence-corrected chi connectivity index (χ4v) is 4.00. The Morgan fingerprint density at radius 2 is 1.73 bits per heavy atom. The topological polar surface area (TPSA) is 49.3 Å². The number of nitrogens with zero attached hydrogens (tertiary/aromatic N) is 4. The van der Waals surface area contributed by atoms with Gasteiger partial charge in [0.05, 0.1) is 0 Å². The van der Waals surface area contributed by atoms with Crippen LogP contribution < -0.4 is 4.90 Å². The van der Waals surface area contributed by atoms with Crippen LogP contribution in [0.1, 0.15) is 68.2 Å². The number of carbonyl (C=O) groups is 1. The van der Waals surface area contributed by atoms with E-state index >= 15 is 0 Å². The second-order valence-corrected chi connectivity index (χ2v) is 9.26. The standard InChI is InChI=1S/C25H36N4O/c1-17(2)14-23(30)28-10-12-29(13-11-28)25-22(16-21-9-7-8-19(5)15-21)20(6)26-24(27-25)18(3)4/h7-9,15,17-18H,10-14,16H2,1-6H3. The lowest BCUT2D eigenvalue weighted by molar-refractivity contribution is -0.132. The van der Waals surface area contributed by atoms with Crippen molar-refractivity contribution in [2.45, 2.75) is 60.3 Å². The number of hydrogen-bond acceptors (Lipinski definition) is 4. The lowest BCUT2D eigenvalue weighted by Gasteiger charge is -2.37. The minimum Gasteiger partial charge on any atom is -0.353 e. The van der Waals surface area contributed by atoms with E-state index in [2.05, 4.69) is 70.7 Å². The zero-order valence-corrected chi connectivity index (χ0v) is 19.4. The van der Waals surface area contributed by atoms with Crippen molar-refractivity contribution in [1.82, 2.24) is 14.9 Å². The van der Waals surface area contributed by atoms with Crippen LogP contribution >= 0.6 is 0 Å². The first-order valence-electron chi connectivity index (χ1n) is 11.2. The van der Waals surface area contributed by atoms with E-state index in [0.717, 1.165) is 49.9 Å². The van der Waals surface area contributed by atoms with Crippen LogP contribution in [0, 0.1) is 19.8 Å². The Balaban J connectivity index is 1.86. The molecule has 1 fully saturated rings. The summed E-state index contributed by atoms with van der Waals surface area (Å²) in [5.74, 6) is 2.89. The molecule has 162 valence electrons. The highest BCUT2D eigenvalue weighted by Gasteiger charge is 2.25.